The maximum absolute atomic E-state index is 4.49. The Morgan fingerprint density at radius 3 is 2.47 bits per heavy atom. The molecule has 0 bridgehead atoms. The average Bonchev–Trinajstić information content (AvgIpc) is 2.39. The van der Waals surface area contributed by atoms with Gasteiger partial charge in [0, 0.05) is 23.4 Å². The largest absolute Gasteiger partial charge is 0.329 e. The summed E-state index contributed by atoms with van der Waals surface area (Å²) in [5.74, 6) is 0.992. The van der Waals surface area contributed by atoms with Crippen LogP contribution in [0.5, 0.6) is 0 Å². The van der Waals surface area contributed by atoms with Crippen LogP contribution >= 0.6 is 15.9 Å². The molecule has 0 N–H and O–H groups in total. The first-order valence-electron chi connectivity index (χ1n) is 6.56. The number of anilines is 2. The van der Waals surface area contributed by atoms with E-state index in [0.29, 0.717) is 0 Å². The molecule has 0 amide bonds. The SMILES string of the molecule is CCCc1ccc(N(C)c2ncc(Br)cc2C)cc1. The Kier molecular flexibility index (Phi) is 4.59. The molecule has 0 aliphatic heterocycles. The van der Waals surface area contributed by atoms with Gasteiger partial charge in [0.05, 0.1) is 0 Å². The van der Waals surface area contributed by atoms with Crippen LogP contribution in [0.4, 0.5) is 11.5 Å². The normalized spacial score (nSPS) is 10.5. The maximum Gasteiger partial charge on any atom is 0.135 e. The van der Waals surface area contributed by atoms with Gasteiger partial charge in [0.2, 0.25) is 0 Å². The van der Waals surface area contributed by atoms with E-state index in [1.165, 1.54) is 12.0 Å². The van der Waals surface area contributed by atoms with Crippen LogP contribution in [0.2, 0.25) is 0 Å². The van der Waals surface area contributed by atoms with Crippen molar-refractivity contribution in [2.45, 2.75) is 26.7 Å². The monoisotopic (exact) mass is 318 g/mol. The Balaban J connectivity index is 2.25. The third-order valence-electron chi connectivity index (χ3n) is 3.20. The van der Waals surface area contributed by atoms with Gasteiger partial charge in [-0.05, 0) is 58.6 Å². The van der Waals surface area contributed by atoms with Crippen molar-refractivity contribution in [2.24, 2.45) is 0 Å². The summed E-state index contributed by atoms with van der Waals surface area (Å²) in [6.45, 7) is 4.28. The summed E-state index contributed by atoms with van der Waals surface area (Å²) < 4.78 is 1.01. The van der Waals surface area contributed by atoms with Crippen LogP contribution in [0.15, 0.2) is 41.0 Å². The third-order valence-corrected chi connectivity index (χ3v) is 3.63. The number of aryl methyl sites for hydroxylation is 2. The molecule has 1 aromatic heterocycles. The summed E-state index contributed by atoms with van der Waals surface area (Å²) in [5.41, 5.74) is 3.72. The molecular weight excluding hydrogens is 300 g/mol. The van der Waals surface area contributed by atoms with E-state index in [-0.39, 0.29) is 0 Å². The number of aromatic nitrogens is 1. The van der Waals surface area contributed by atoms with Gasteiger partial charge in [-0.2, -0.15) is 0 Å². The number of halogens is 1. The highest BCUT2D eigenvalue weighted by molar-refractivity contribution is 9.10. The van der Waals surface area contributed by atoms with Crippen molar-refractivity contribution in [1.82, 2.24) is 4.98 Å². The van der Waals surface area contributed by atoms with E-state index in [1.54, 1.807) is 0 Å². The van der Waals surface area contributed by atoms with Gasteiger partial charge >= 0.3 is 0 Å². The molecule has 19 heavy (non-hydrogen) atoms. The van der Waals surface area contributed by atoms with Gasteiger partial charge in [0.1, 0.15) is 5.82 Å². The summed E-state index contributed by atoms with van der Waals surface area (Å²) >= 11 is 3.45. The van der Waals surface area contributed by atoms with Crippen LogP contribution in [0, 0.1) is 6.92 Å². The highest BCUT2D eigenvalue weighted by Crippen LogP contribution is 2.26. The van der Waals surface area contributed by atoms with Gasteiger partial charge in [0.25, 0.3) is 0 Å². The molecule has 2 aromatic rings. The lowest BCUT2D eigenvalue weighted by molar-refractivity contribution is 0.921. The second-order valence-corrected chi connectivity index (χ2v) is 5.69. The van der Waals surface area contributed by atoms with Crippen LogP contribution in [0.3, 0.4) is 0 Å². The van der Waals surface area contributed by atoms with E-state index in [1.807, 2.05) is 6.20 Å². The highest BCUT2D eigenvalue weighted by atomic mass is 79.9. The van der Waals surface area contributed by atoms with E-state index in [9.17, 15) is 0 Å². The number of hydrogen-bond donors (Lipinski definition) is 0. The predicted molar refractivity (Wildman–Crippen MR) is 85.2 cm³/mol. The van der Waals surface area contributed by atoms with Crippen molar-refractivity contribution in [3.8, 4) is 0 Å². The topological polar surface area (TPSA) is 16.1 Å². The van der Waals surface area contributed by atoms with E-state index in [4.69, 9.17) is 0 Å². The number of pyridine rings is 1. The van der Waals surface area contributed by atoms with Crippen molar-refractivity contribution in [3.63, 3.8) is 0 Å². The van der Waals surface area contributed by atoms with Crippen molar-refractivity contribution in [2.75, 3.05) is 11.9 Å². The molecule has 0 spiro atoms. The Morgan fingerprint density at radius 1 is 1.21 bits per heavy atom. The van der Waals surface area contributed by atoms with Gasteiger partial charge in [-0.25, -0.2) is 4.98 Å². The molecule has 0 fully saturated rings. The molecule has 0 radical (unpaired) electrons. The molecule has 0 saturated carbocycles. The summed E-state index contributed by atoms with van der Waals surface area (Å²) in [6.07, 6.45) is 4.16. The fraction of sp³-hybridized carbons (Fsp3) is 0.312. The Morgan fingerprint density at radius 2 is 1.89 bits per heavy atom. The lowest BCUT2D eigenvalue weighted by Crippen LogP contribution is -2.12. The molecule has 0 atom stereocenters. The first-order chi connectivity index (χ1) is 9.11. The summed E-state index contributed by atoms with van der Waals surface area (Å²) in [5, 5.41) is 0. The summed E-state index contributed by atoms with van der Waals surface area (Å²) in [7, 11) is 2.05. The predicted octanol–water partition coefficient (Wildman–Crippen LogP) is 4.87. The van der Waals surface area contributed by atoms with E-state index in [2.05, 4.69) is 77.0 Å². The Hall–Kier alpha value is -1.35. The zero-order chi connectivity index (χ0) is 13.8. The van der Waals surface area contributed by atoms with Crippen molar-refractivity contribution < 1.29 is 0 Å². The Bertz CT molecular complexity index is 549. The fourth-order valence-electron chi connectivity index (χ4n) is 2.18. The minimum Gasteiger partial charge on any atom is -0.329 e. The first-order valence-corrected chi connectivity index (χ1v) is 7.36. The standard InChI is InChI=1S/C16H19BrN2/c1-4-5-13-6-8-15(9-7-13)19(3)16-12(2)10-14(17)11-18-16/h6-11H,4-5H2,1-3H3. The van der Waals surface area contributed by atoms with Crippen LogP contribution < -0.4 is 4.90 Å². The minimum atomic E-state index is 0.992. The van der Waals surface area contributed by atoms with E-state index < -0.39 is 0 Å². The average molecular weight is 319 g/mol. The molecule has 100 valence electrons. The molecule has 2 rings (SSSR count). The smallest absolute Gasteiger partial charge is 0.135 e. The molecule has 0 saturated heterocycles. The van der Waals surface area contributed by atoms with Crippen molar-refractivity contribution >= 4 is 27.4 Å². The molecular formula is C16H19BrN2. The lowest BCUT2D eigenvalue weighted by atomic mass is 10.1. The lowest BCUT2D eigenvalue weighted by Gasteiger charge is -2.20. The van der Waals surface area contributed by atoms with Crippen LogP contribution in [-0.2, 0) is 6.42 Å². The number of rotatable bonds is 4. The second kappa shape index (κ2) is 6.20. The second-order valence-electron chi connectivity index (χ2n) is 4.77. The molecule has 0 aliphatic rings. The van der Waals surface area contributed by atoms with Gasteiger partial charge in [-0.3, -0.25) is 0 Å². The zero-order valence-corrected chi connectivity index (χ0v) is 13.2. The molecule has 1 aromatic carbocycles. The minimum absolute atomic E-state index is 0.992. The quantitative estimate of drug-likeness (QED) is 0.799. The van der Waals surface area contributed by atoms with E-state index >= 15 is 0 Å². The van der Waals surface area contributed by atoms with Crippen LogP contribution in [0.25, 0.3) is 0 Å². The zero-order valence-electron chi connectivity index (χ0n) is 11.7. The van der Waals surface area contributed by atoms with Gasteiger partial charge in [0.15, 0.2) is 0 Å². The maximum atomic E-state index is 4.49. The fourth-order valence-corrected chi connectivity index (χ4v) is 2.63. The van der Waals surface area contributed by atoms with Crippen LogP contribution in [-0.4, -0.2) is 12.0 Å². The van der Waals surface area contributed by atoms with Gasteiger partial charge in [-0.1, -0.05) is 25.5 Å². The molecule has 2 nitrogen and oxygen atoms in total. The van der Waals surface area contributed by atoms with Crippen molar-refractivity contribution in [3.05, 3.63) is 52.1 Å². The van der Waals surface area contributed by atoms with Gasteiger partial charge in [-0.15, -0.1) is 0 Å². The number of benzene rings is 1. The van der Waals surface area contributed by atoms with E-state index in [0.717, 1.165) is 28.0 Å². The highest BCUT2D eigenvalue weighted by Gasteiger charge is 2.08. The first kappa shape index (κ1) is 14.1. The van der Waals surface area contributed by atoms with Crippen LogP contribution in [0.1, 0.15) is 24.5 Å². The van der Waals surface area contributed by atoms with Crippen molar-refractivity contribution in [1.29, 1.82) is 0 Å². The number of hydrogen-bond acceptors (Lipinski definition) is 2. The molecule has 0 aliphatic carbocycles. The summed E-state index contributed by atoms with van der Waals surface area (Å²) in [6, 6.07) is 10.8. The molecule has 3 heteroatoms. The third kappa shape index (κ3) is 3.35. The Labute approximate surface area is 123 Å². The molecule has 0 unspecified atom stereocenters. The summed E-state index contributed by atoms with van der Waals surface area (Å²) in [4.78, 5) is 6.61. The molecule has 1 heterocycles. The number of nitrogens with zero attached hydrogens (tertiary/aromatic N) is 2. The van der Waals surface area contributed by atoms with Gasteiger partial charge < -0.3 is 4.90 Å².